The second kappa shape index (κ2) is 8.26. The number of carbonyl (C=O) groups is 1. The van der Waals surface area contributed by atoms with Crippen LogP contribution >= 0.6 is 0 Å². The van der Waals surface area contributed by atoms with Crippen molar-refractivity contribution < 1.29 is 9.53 Å². The van der Waals surface area contributed by atoms with E-state index in [0.29, 0.717) is 0 Å². The second-order valence-corrected chi connectivity index (χ2v) is 6.27. The third-order valence-corrected chi connectivity index (χ3v) is 4.58. The Morgan fingerprint density at radius 3 is 2.92 bits per heavy atom. The van der Waals surface area contributed by atoms with Crippen molar-refractivity contribution in [2.45, 2.75) is 25.8 Å². The predicted molar refractivity (Wildman–Crippen MR) is 93.9 cm³/mol. The fraction of sp³-hybridized carbons (Fsp3) is 0.556. The van der Waals surface area contributed by atoms with Gasteiger partial charge < -0.3 is 14.6 Å². The molecular formula is C18H26N4O2. The number of morpholine rings is 1. The summed E-state index contributed by atoms with van der Waals surface area (Å²) in [7, 11) is 0. The molecule has 1 N–H and O–H groups in total. The second-order valence-electron chi connectivity index (χ2n) is 6.27. The van der Waals surface area contributed by atoms with E-state index in [0.717, 1.165) is 63.3 Å². The van der Waals surface area contributed by atoms with Crippen LogP contribution in [0.4, 0.5) is 0 Å². The van der Waals surface area contributed by atoms with Crippen LogP contribution in [0.1, 0.15) is 25.8 Å². The molecule has 24 heavy (non-hydrogen) atoms. The van der Waals surface area contributed by atoms with E-state index < -0.39 is 0 Å². The van der Waals surface area contributed by atoms with Gasteiger partial charge in [-0.25, -0.2) is 4.98 Å². The Kier molecular flexibility index (Phi) is 5.82. The smallest absolute Gasteiger partial charge is 0.242 e. The number of para-hydroxylation sites is 2. The van der Waals surface area contributed by atoms with Gasteiger partial charge in [0, 0.05) is 19.6 Å². The highest BCUT2D eigenvalue weighted by Gasteiger charge is 2.16. The minimum atomic E-state index is -0.253. The van der Waals surface area contributed by atoms with Gasteiger partial charge in [0.25, 0.3) is 0 Å². The van der Waals surface area contributed by atoms with Crippen LogP contribution in [-0.4, -0.2) is 59.8 Å². The quantitative estimate of drug-likeness (QED) is 0.787. The van der Waals surface area contributed by atoms with Crippen LogP contribution in [0.2, 0.25) is 0 Å². The number of nitrogens with zero attached hydrogens (tertiary/aromatic N) is 3. The van der Waals surface area contributed by atoms with E-state index >= 15 is 0 Å². The van der Waals surface area contributed by atoms with Crippen molar-refractivity contribution in [3.05, 3.63) is 30.6 Å². The van der Waals surface area contributed by atoms with Crippen molar-refractivity contribution in [3.8, 4) is 0 Å². The first-order valence-electron chi connectivity index (χ1n) is 8.75. The Morgan fingerprint density at radius 1 is 1.29 bits per heavy atom. The SMILES string of the molecule is C[C@@H](C(=O)NCCCCN1CCOCC1)n1cnc2ccccc21. The summed E-state index contributed by atoms with van der Waals surface area (Å²) in [4.78, 5) is 19.1. The van der Waals surface area contributed by atoms with Gasteiger partial charge in [0.2, 0.25) is 5.91 Å². The van der Waals surface area contributed by atoms with Gasteiger partial charge in [0.15, 0.2) is 0 Å². The van der Waals surface area contributed by atoms with Gasteiger partial charge in [-0.2, -0.15) is 0 Å². The number of benzene rings is 1. The predicted octanol–water partition coefficient (Wildman–Crippen LogP) is 1.83. The number of ether oxygens (including phenoxy) is 1. The topological polar surface area (TPSA) is 59.4 Å². The van der Waals surface area contributed by atoms with E-state index in [1.54, 1.807) is 6.33 Å². The molecule has 2 aromatic rings. The summed E-state index contributed by atoms with van der Waals surface area (Å²) >= 11 is 0. The lowest BCUT2D eigenvalue weighted by molar-refractivity contribution is -0.123. The van der Waals surface area contributed by atoms with Gasteiger partial charge in [-0.1, -0.05) is 12.1 Å². The third kappa shape index (κ3) is 4.13. The van der Waals surface area contributed by atoms with Crippen molar-refractivity contribution in [1.82, 2.24) is 19.8 Å². The van der Waals surface area contributed by atoms with Crippen LogP contribution in [-0.2, 0) is 9.53 Å². The lowest BCUT2D eigenvalue weighted by Crippen LogP contribution is -2.37. The molecule has 1 fully saturated rings. The number of imidazole rings is 1. The number of unbranched alkanes of at least 4 members (excludes halogenated alkanes) is 1. The summed E-state index contributed by atoms with van der Waals surface area (Å²) in [6.07, 6.45) is 3.84. The summed E-state index contributed by atoms with van der Waals surface area (Å²) in [5.41, 5.74) is 1.91. The minimum Gasteiger partial charge on any atom is -0.379 e. The molecule has 6 nitrogen and oxygen atoms in total. The van der Waals surface area contributed by atoms with Crippen LogP contribution in [0, 0.1) is 0 Å². The molecule has 1 aromatic carbocycles. The average Bonchev–Trinajstić information content (AvgIpc) is 3.05. The van der Waals surface area contributed by atoms with E-state index in [2.05, 4.69) is 15.2 Å². The van der Waals surface area contributed by atoms with Gasteiger partial charge in [-0.3, -0.25) is 9.69 Å². The third-order valence-electron chi connectivity index (χ3n) is 4.58. The largest absolute Gasteiger partial charge is 0.379 e. The maximum atomic E-state index is 12.4. The van der Waals surface area contributed by atoms with Crippen molar-refractivity contribution in [1.29, 1.82) is 0 Å². The van der Waals surface area contributed by atoms with Crippen molar-refractivity contribution in [2.24, 2.45) is 0 Å². The Hall–Kier alpha value is -1.92. The van der Waals surface area contributed by atoms with Crippen molar-refractivity contribution in [2.75, 3.05) is 39.4 Å². The normalized spacial score (nSPS) is 17.0. The molecular weight excluding hydrogens is 304 g/mol. The molecule has 1 aromatic heterocycles. The Morgan fingerprint density at radius 2 is 2.08 bits per heavy atom. The van der Waals surface area contributed by atoms with Gasteiger partial charge in [0.05, 0.1) is 30.6 Å². The zero-order valence-electron chi connectivity index (χ0n) is 14.3. The highest BCUT2D eigenvalue weighted by molar-refractivity contribution is 5.83. The lowest BCUT2D eigenvalue weighted by Gasteiger charge is -2.26. The minimum absolute atomic E-state index is 0.0459. The van der Waals surface area contributed by atoms with E-state index in [4.69, 9.17) is 4.74 Å². The summed E-state index contributed by atoms with van der Waals surface area (Å²) in [6, 6.07) is 7.63. The fourth-order valence-corrected chi connectivity index (χ4v) is 3.06. The average molecular weight is 330 g/mol. The summed E-state index contributed by atoms with van der Waals surface area (Å²) in [6.45, 7) is 7.45. The highest BCUT2D eigenvalue weighted by atomic mass is 16.5. The van der Waals surface area contributed by atoms with E-state index in [9.17, 15) is 4.79 Å². The lowest BCUT2D eigenvalue weighted by atomic mass is 10.2. The first-order valence-corrected chi connectivity index (χ1v) is 8.75. The summed E-state index contributed by atoms with van der Waals surface area (Å²) in [5, 5.41) is 3.04. The highest BCUT2D eigenvalue weighted by Crippen LogP contribution is 2.17. The molecule has 0 saturated carbocycles. The molecule has 130 valence electrons. The number of rotatable bonds is 7. The Balaban J connectivity index is 1.41. The number of amides is 1. The van der Waals surface area contributed by atoms with Gasteiger partial charge in [0.1, 0.15) is 6.04 Å². The Labute approximate surface area is 142 Å². The van der Waals surface area contributed by atoms with Gasteiger partial charge >= 0.3 is 0 Å². The molecule has 3 rings (SSSR count). The molecule has 6 heteroatoms. The Bertz CT molecular complexity index is 664. The number of hydrogen-bond donors (Lipinski definition) is 1. The molecule has 0 bridgehead atoms. The number of fused-ring (bicyclic) bond motifs is 1. The van der Waals surface area contributed by atoms with E-state index in [1.807, 2.05) is 35.8 Å². The zero-order valence-corrected chi connectivity index (χ0v) is 14.3. The van der Waals surface area contributed by atoms with Crippen LogP contribution in [0.3, 0.4) is 0 Å². The monoisotopic (exact) mass is 330 g/mol. The van der Waals surface area contributed by atoms with Gasteiger partial charge in [-0.05, 0) is 38.4 Å². The first kappa shape index (κ1) is 16.9. The summed E-state index contributed by atoms with van der Waals surface area (Å²) in [5.74, 6) is 0.0459. The summed E-state index contributed by atoms with van der Waals surface area (Å²) < 4.78 is 7.27. The molecule has 0 unspecified atom stereocenters. The fourth-order valence-electron chi connectivity index (χ4n) is 3.06. The maximum Gasteiger partial charge on any atom is 0.242 e. The van der Waals surface area contributed by atoms with E-state index in [-0.39, 0.29) is 11.9 Å². The number of nitrogens with one attached hydrogen (secondary N) is 1. The molecule has 1 saturated heterocycles. The molecule has 1 aliphatic heterocycles. The number of aromatic nitrogens is 2. The number of carbonyl (C=O) groups excluding carboxylic acids is 1. The molecule has 1 amide bonds. The molecule has 1 atom stereocenters. The standard InChI is InChI=1S/C18H26N4O2/c1-15(22-14-20-16-6-2-3-7-17(16)22)18(23)19-8-4-5-9-21-10-12-24-13-11-21/h2-3,6-7,14-15H,4-5,8-13H2,1H3,(H,19,23)/t15-/m0/s1. The van der Waals surface area contributed by atoms with Crippen molar-refractivity contribution in [3.63, 3.8) is 0 Å². The first-order chi connectivity index (χ1) is 11.8. The molecule has 1 aliphatic rings. The van der Waals surface area contributed by atoms with Gasteiger partial charge in [-0.15, -0.1) is 0 Å². The van der Waals surface area contributed by atoms with Crippen LogP contribution in [0.5, 0.6) is 0 Å². The van der Waals surface area contributed by atoms with Crippen LogP contribution in [0.25, 0.3) is 11.0 Å². The molecule has 0 aliphatic carbocycles. The van der Waals surface area contributed by atoms with Crippen molar-refractivity contribution >= 4 is 16.9 Å². The number of hydrogen-bond acceptors (Lipinski definition) is 4. The van der Waals surface area contributed by atoms with Crippen LogP contribution in [0.15, 0.2) is 30.6 Å². The molecule has 2 heterocycles. The van der Waals surface area contributed by atoms with E-state index in [1.165, 1.54) is 0 Å². The molecule has 0 radical (unpaired) electrons. The maximum absolute atomic E-state index is 12.4. The molecule has 0 spiro atoms. The zero-order chi connectivity index (χ0) is 16.8. The van der Waals surface area contributed by atoms with Crippen LogP contribution < -0.4 is 5.32 Å².